The molecule has 1 atom stereocenters. The number of hydrogen-bond acceptors (Lipinski definition) is 3. The second kappa shape index (κ2) is 8.20. The van der Waals surface area contributed by atoms with Gasteiger partial charge in [-0.3, -0.25) is 4.79 Å². The third-order valence-electron chi connectivity index (χ3n) is 3.00. The molecule has 0 radical (unpaired) electrons. The molecule has 1 unspecified atom stereocenters. The lowest BCUT2D eigenvalue weighted by Gasteiger charge is -2.11. The SMILES string of the molecule is CC(O/N=C/c1ccccc1)C(=O)NCc1ccccc1Cl. The molecule has 0 aliphatic heterocycles. The van der Waals surface area contributed by atoms with Crippen molar-refractivity contribution in [1.29, 1.82) is 0 Å². The molecule has 0 fully saturated rings. The van der Waals surface area contributed by atoms with Crippen molar-refractivity contribution >= 4 is 23.7 Å². The number of benzene rings is 2. The van der Waals surface area contributed by atoms with Crippen LogP contribution in [-0.4, -0.2) is 18.2 Å². The van der Waals surface area contributed by atoms with E-state index in [1.807, 2.05) is 48.5 Å². The molecule has 2 aromatic carbocycles. The van der Waals surface area contributed by atoms with Gasteiger partial charge in [0.25, 0.3) is 5.91 Å². The number of rotatable bonds is 6. The summed E-state index contributed by atoms with van der Waals surface area (Å²) >= 11 is 6.03. The van der Waals surface area contributed by atoms with E-state index < -0.39 is 6.10 Å². The maximum atomic E-state index is 11.9. The van der Waals surface area contributed by atoms with Crippen molar-refractivity contribution in [2.24, 2.45) is 5.16 Å². The fraction of sp³-hybridized carbons (Fsp3) is 0.176. The van der Waals surface area contributed by atoms with Crippen molar-refractivity contribution in [1.82, 2.24) is 5.32 Å². The van der Waals surface area contributed by atoms with Crippen LogP contribution in [0.2, 0.25) is 5.02 Å². The topological polar surface area (TPSA) is 50.7 Å². The highest BCUT2D eigenvalue weighted by Crippen LogP contribution is 2.14. The van der Waals surface area contributed by atoms with Crippen LogP contribution >= 0.6 is 11.6 Å². The first kappa shape index (κ1) is 16.0. The van der Waals surface area contributed by atoms with Crippen LogP contribution in [0.4, 0.5) is 0 Å². The lowest BCUT2D eigenvalue weighted by Crippen LogP contribution is -2.33. The van der Waals surface area contributed by atoms with Crippen LogP contribution in [0.15, 0.2) is 59.8 Å². The first-order chi connectivity index (χ1) is 10.7. The van der Waals surface area contributed by atoms with E-state index in [1.54, 1.807) is 19.2 Å². The predicted octanol–water partition coefficient (Wildman–Crippen LogP) is 3.40. The van der Waals surface area contributed by atoms with Crippen molar-refractivity contribution in [2.45, 2.75) is 19.6 Å². The summed E-state index contributed by atoms with van der Waals surface area (Å²) in [5, 5.41) is 7.21. The third-order valence-corrected chi connectivity index (χ3v) is 3.37. The van der Waals surface area contributed by atoms with Gasteiger partial charge >= 0.3 is 0 Å². The summed E-state index contributed by atoms with van der Waals surface area (Å²) in [4.78, 5) is 17.1. The Labute approximate surface area is 134 Å². The van der Waals surface area contributed by atoms with Gasteiger partial charge in [-0.05, 0) is 24.1 Å². The van der Waals surface area contributed by atoms with Gasteiger partial charge in [0.05, 0.1) is 6.21 Å². The summed E-state index contributed by atoms with van der Waals surface area (Å²) in [5.74, 6) is -0.245. The van der Waals surface area contributed by atoms with Crippen LogP contribution < -0.4 is 5.32 Å². The molecule has 114 valence electrons. The molecule has 1 N–H and O–H groups in total. The first-order valence-electron chi connectivity index (χ1n) is 6.92. The second-order valence-electron chi connectivity index (χ2n) is 4.70. The monoisotopic (exact) mass is 316 g/mol. The summed E-state index contributed by atoms with van der Waals surface area (Å²) in [6, 6.07) is 16.9. The van der Waals surface area contributed by atoms with Crippen LogP contribution in [0.5, 0.6) is 0 Å². The number of carbonyl (C=O) groups excluding carboxylic acids is 1. The Kier molecular flexibility index (Phi) is 5.98. The average Bonchev–Trinajstić information content (AvgIpc) is 2.54. The quantitative estimate of drug-likeness (QED) is 0.656. The number of amides is 1. The fourth-order valence-corrected chi connectivity index (χ4v) is 1.94. The van der Waals surface area contributed by atoms with Crippen LogP contribution in [0.1, 0.15) is 18.1 Å². The molecule has 5 heteroatoms. The Bertz CT molecular complexity index is 644. The second-order valence-corrected chi connectivity index (χ2v) is 5.11. The third kappa shape index (κ3) is 4.90. The smallest absolute Gasteiger partial charge is 0.263 e. The van der Waals surface area contributed by atoms with E-state index in [4.69, 9.17) is 16.4 Å². The van der Waals surface area contributed by atoms with Gasteiger partial charge in [0, 0.05) is 11.6 Å². The van der Waals surface area contributed by atoms with E-state index in [1.165, 1.54) is 0 Å². The lowest BCUT2D eigenvalue weighted by atomic mass is 10.2. The minimum absolute atomic E-state index is 0.245. The largest absolute Gasteiger partial charge is 0.383 e. The summed E-state index contributed by atoms with van der Waals surface area (Å²) in [6.45, 7) is 2.00. The molecule has 0 bridgehead atoms. The van der Waals surface area contributed by atoms with Crippen LogP contribution in [-0.2, 0) is 16.2 Å². The zero-order chi connectivity index (χ0) is 15.8. The summed E-state index contributed by atoms with van der Waals surface area (Å²) < 4.78 is 0. The number of hydrogen-bond donors (Lipinski definition) is 1. The van der Waals surface area contributed by atoms with Crippen LogP contribution in [0, 0.1) is 0 Å². The fourth-order valence-electron chi connectivity index (χ4n) is 1.74. The lowest BCUT2D eigenvalue weighted by molar-refractivity contribution is -0.131. The minimum atomic E-state index is -0.678. The van der Waals surface area contributed by atoms with Gasteiger partial charge in [0.2, 0.25) is 6.10 Å². The van der Waals surface area contributed by atoms with E-state index >= 15 is 0 Å². The molecule has 0 aliphatic rings. The van der Waals surface area contributed by atoms with Gasteiger partial charge in [-0.15, -0.1) is 0 Å². The Morgan fingerprint density at radius 2 is 1.91 bits per heavy atom. The maximum Gasteiger partial charge on any atom is 0.263 e. The molecule has 4 nitrogen and oxygen atoms in total. The average molecular weight is 317 g/mol. The molecule has 2 rings (SSSR count). The van der Waals surface area contributed by atoms with E-state index in [2.05, 4.69) is 10.5 Å². The summed E-state index contributed by atoms with van der Waals surface area (Å²) in [7, 11) is 0. The Hall–Kier alpha value is -2.33. The van der Waals surface area contributed by atoms with Gasteiger partial charge in [0.1, 0.15) is 0 Å². The van der Waals surface area contributed by atoms with E-state index in [0.29, 0.717) is 11.6 Å². The molecule has 0 heterocycles. The number of nitrogens with zero attached hydrogens (tertiary/aromatic N) is 1. The molecule has 0 saturated carbocycles. The van der Waals surface area contributed by atoms with Crippen molar-refractivity contribution in [3.8, 4) is 0 Å². The van der Waals surface area contributed by atoms with Gasteiger partial charge < -0.3 is 10.2 Å². The molecule has 0 aromatic heterocycles. The molecule has 2 aromatic rings. The summed E-state index contributed by atoms with van der Waals surface area (Å²) in [6.07, 6.45) is 0.889. The standard InChI is InChI=1S/C17H17ClN2O2/c1-13(22-20-11-14-7-3-2-4-8-14)17(21)19-12-15-9-5-6-10-16(15)18/h2-11,13H,12H2,1H3,(H,19,21)/b20-11+. The van der Waals surface area contributed by atoms with Crippen molar-refractivity contribution in [2.75, 3.05) is 0 Å². The Balaban J connectivity index is 1.80. The number of halogens is 1. The minimum Gasteiger partial charge on any atom is -0.383 e. The van der Waals surface area contributed by atoms with Crippen molar-refractivity contribution in [3.63, 3.8) is 0 Å². The number of oxime groups is 1. The molecule has 0 aliphatic carbocycles. The molecular formula is C17H17ClN2O2. The van der Waals surface area contributed by atoms with Crippen molar-refractivity contribution < 1.29 is 9.63 Å². The molecule has 22 heavy (non-hydrogen) atoms. The number of nitrogens with one attached hydrogen (secondary N) is 1. The Morgan fingerprint density at radius 1 is 1.23 bits per heavy atom. The molecule has 1 amide bonds. The Morgan fingerprint density at radius 3 is 2.64 bits per heavy atom. The summed E-state index contributed by atoms with van der Waals surface area (Å²) in [5.41, 5.74) is 1.77. The van der Waals surface area contributed by atoms with Gasteiger partial charge in [0.15, 0.2) is 0 Å². The molecule has 0 saturated heterocycles. The van der Waals surface area contributed by atoms with Crippen molar-refractivity contribution in [3.05, 3.63) is 70.7 Å². The van der Waals surface area contributed by atoms with E-state index in [9.17, 15) is 4.79 Å². The predicted molar refractivity (Wildman–Crippen MR) is 87.9 cm³/mol. The van der Waals surface area contributed by atoms with Crippen LogP contribution in [0.25, 0.3) is 0 Å². The zero-order valence-electron chi connectivity index (χ0n) is 12.2. The number of carbonyl (C=O) groups is 1. The highest BCUT2D eigenvalue weighted by Gasteiger charge is 2.13. The molecular weight excluding hydrogens is 300 g/mol. The first-order valence-corrected chi connectivity index (χ1v) is 7.30. The highest BCUT2D eigenvalue weighted by atomic mass is 35.5. The van der Waals surface area contributed by atoms with Crippen LogP contribution in [0.3, 0.4) is 0 Å². The van der Waals surface area contributed by atoms with Gasteiger partial charge in [-0.1, -0.05) is 65.3 Å². The highest BCUT2D eigenvalue weighted by molar-refractivity contribution is 6.31. The zero-order valence-corrected chi connectivity index (χ0v) is 13.0. The maximum absolute atomic E-state index is 11.9. The molecule has 0 spiro atoms. The van der Waals surface area contributed by atoms with Gasteiger partial charge in [-0.25, -0.2) is 0 Å². The normalized spacial score (nSPS) is 12.1. The van der Waals surface area contributed by atoms with Gasteiger partial charge in [-0.2, -0.15) is 0 Å². The van der Waals surface area contributed by atoms with E-state index in [0.717, 1.165) is 11.1 Å². The van der Waals surface area contributed by atoms with E-state index in [-0.39, 0.29) is 5.91 Å².